The molecule has 0 spiro atoms. The lowest BCUT2D eigenvalue weighted by Crippen LogP contribution is -2.45. The topological polar surface area (TPSA) is 95.9 Å². The summed E-state index contributed by atoms with van der Waals surface area (Å²) in [4.78, 5) is 24.5. The van der Waals surface area contributed by atoms with Crippen LogP contribution in [0, 0.1) is 0 Å². The molecule has 0 aromatic carbocycles. The lowest BCUT2D eigenvalue weighted by atomic mass is 10.0. The average Bonchev–Trinajstić information content (AvgIpc) is 3.27. The largest absolute Gasteiger partial charge is 0.466 e. The van der Waals surface area contributed by atoms with Gasteiger partial charge in [0.1, 0.15) is 0 Å². The summed E-state index contributed by atoms with van der Waals surface area (Å²) >= 11 is 0. The van der Waals surface area contributed by atoms with Crippen molar-refractivity contribution in [2.24, 2.45) is 0 Å². The highest BCUT2D eigenvalue weighted by molar-refractivity contribution is 5.76. The first kappa shape index (κ1) is 60.6. The Labute approximate surface area is 387 Å². The highest BCUT2D eigenvalue weighted by Gasteiger charge is 2.20. The van der Waals surface area contributed by atoms with Gasteiger partial charge in [0.15, 0.2) is 0 Å². The van der Waals surface area contributed by atoms with Crippen molar-refractivity contribution in [1.29, 1.82) is 0 Å². The number of esters is 1. The third-order valence-electron chi connectivity index (χ3n) is 13.1. The van der Waals surface area contributed by atoms with Gasteiger partial charge in [0, 0.05) is 12.8 Å². The summed E-state index contributed by atoms with van der Waals surface area (Å²) in [6.45, 7) is 4.92. The predicted octanol–water partition coefficient (Wildman–Crippen LogP) is 16.9. The van der Waals surface area contributed by atoms with E-state index in [0.29, 0.717) is 25.9 Å². The van der Waals surface area contributed by atoms with E-state index in [-0.39, 0.29) is 18.5 Å². The van der Waals surface area contributed by atoms with Gasteiger partial charge in [-0.3, -0.25) is 9.59 Å². The first-order valence-corrected chi connectivity index (χ1v) is 27.9. The molecule has 3 N–H and O–H groups in total. The van der Waals surface area contributed by atoms with Crippen molar-refractivity contribution in [2.75, 3.05) is 13.2 Å². The number of carbonyl (C=O) groups excluding carboxylic acids is 2. The Kier molecular flexibility index (Phi) is 51.0. The Hall–Kier alpha value is -1.40. The molecule has 0 aliphatic carbocycles. The van der Waals surface area contributed by atoms with Crippen LogP contribution in [-0.4, -0.2) is 47.4 Å². The minimum atomic E-state index is -0.676. The van der Waals surface area contributed by atoms with E-state index < -0.39 is 12.1 Å². The molecule has 0 radical (unpaired) electrons. The van der Waals surface area contributed by atoms with E-state index in [1.54, 1.807) is 0 Å². The molecule has 2 unspecified atom stereocenters. The Morgan fingerprint density at radius 2 is 0.758 bits per heavy atom. The summed E-state index contributed by atoms with van der Waals surface area (Å²) in [6.07, 6.45) is 60.4. The molecule has 6 heteroatoms. The number of nitrogens with one attached hydrogen (secondary N) is 1. The molecule has 0 saturated heterocycles. The van der Waals surface area contributed by atoms with Crippen molar-refractivity contribution >= 4 is 11.9 Å². The van der Waals surface area contributed by atoms with Gasteiger partial charge in [-0.1, -0.05) is 257 Å². The van der Waals surface area contributed by atoms with Crippen LogP contribution in [0.1, 0.15) is 309 Å². The van der Waals surface area contributed by atoms with Crippen molar-refractivity contribution in [2.45, 2.75) is 321 Å². The lowest BCUT2D eigenvalue weighted by molar-refractivity contribution is -0.143. The molecule has 0 saturated carbocycles. The van der Waals surface area contributed by atoms with Crippen LogP contribution in [0.4, 0.5) is 0 Å². The Morgan fingerprint density at radius 3 is 1.15 bits per heavy atom. The van der Waals surface area contributed by atoms with Gasteiger partial charge >= 0.3 is 5.97 Å². The minimum absolute atomic E-state index is 0.0201. The number of unbranched alkanes of at least 4 members (excludes halogenated alkanes) is 39. The summed E-state index contributed by atoms with van der Waals surface area (Å²) in [5, 5.41) is 23.3. The van der Waals surface area contributed by atoms with Crippen LogP contribution in [0.25, 0.3) is 0 Å². The van der Waals surface area contributed by atoms with Crippen molar-refractivity contribution in [3.63, 3.8) is 0 Å². The molecule has 0 fully saturated rings. The van der Waals surface area contributed by atoms with Gasteiger partial charge < -0.3 is 20.3 Å². The van der Waals surface area contributed by atoms with Crippen molar-refractivity contribution in [1.82, 2.24) is 5.32 Å². The summed E-state index contributed by atoms with van der Waals surface area (Å²) in [6, 6.07) is -0.555. The molecule has 62 heavy (non-hydrogen) atoms. The van der Waals surface area contributed by atoms with Gasteiger partial charge in [0.2, 0.25) is 5.91 Å². The summed E-state index contributed by atoms with van der Waals surface area (Å²) < 4.78 is 5.46. The molecule has 0 rings (SSSR count). The van der Waals surface area contributed by atoms with E-state index in [1.165, 1.54) is 218 Å². The van der Waals surface area contributed by atoms with E-state index in [9.17, 15) is 19.8 Å². The second-order valence-corrected chi connectivity index (χ2v) is 19.3. The van der Waals surface area contributed by atoms with Crippen LogP contribution in [0.15, 0.2) is 12.2 Å². The maximum Gasteiger partial charge on any atom is 0.305 e. The average molecular weight is 876 g/mol. The maximum absolute atomic E-state index is 12.5. The SMILES string of the molecule is CCCCCCCCC/C=C\CCCCCCCC(=O)OCCCCCCCCCCCCCC(=O)NC(CO)C(O)CCCCCCCCCCCCCCCCCCCC. The molecule has 0 aromatic heterocycles. The molecule has 2 atom stereocenters. The predicted molar refractivity (Wildman–Crippen MR) is 269 cm³/mol. The van der Waals surface area contributed by atoms with E-state index in [2.05, 4.69) is 31.3 Å². The van der Waals surface area contributed by atoms with Crippen molar-refractivity contribution < 1.29 is 24.5 Å². The number of ether oxygens (including phenoxy) is 1. The van der Waals surface area contributed by atoms with E-state index in [0.717, 1.165) is 57.8 Å². The van der Waals surface area contributed by atoms with Gasteiger partial charge in [-0.25, -0.2) is 0 Å². The third-order valence-corrected chi connectivity index (χ3v) is 13.1. The van der Waals surface area contributed by atoms with Crippen LogP contribution in [0.2, 0.25) is 0 Å². The lowest BCUT2D eigenvalue weighted by Gasteiger charge is -2.22. The van der Waals surface area contributed by atoms with Crippen LogP contribution in [0.3, 0.4) is 0 Å². The second-order valence-electron chi connectivity index (χ2n) is 19.3. The zero-order valence-electron chi connectivity index (χ0n) is 41.9. The fourth-order valence-electron chi connectivity index (χ4n) is 8.75. The summed E-state index contributed by atoms with van der Waals surface area (Å²) in [5.41, 5.74) is 0. The Morgan fingerprint density at radius 1 is 0.435 bits per heavy atom. The molecule has 0 bridgehead atoms. The fourth-order valence-corrected chi connectivity index (χ4v) is 8.75. The van der Waals surface area contributed by atoms with Gasteiger partial charge in [-0.2, -0.15) is 0 Å². The monoisotopic (exact) mass is 876 g/mol. The molecular weight excluding hydrogens is 767 g/mol. The number of amides is 1. The van der Waals surface area contributed by atoms with E-state index in [1.807, 2.05) is 0 Å². The Bertz CT molecular complexity index is 924. The quantitative estimate of drug-likeness (QED) is 0.0321. The van der Waals surface area contributed by atoms with E-state index in [4.69, 9.17) is 4.74 Å². The smallest absolute Gasteiger partial charge is 0.305 e. The molecule has 368 valence electrons. The van der Waals surface area contributed by atoms with Crippen LogP contribution in [0.5, 0.6) is 0 Å². The molecule has 0 aromatic rings. The summed E-state index contributed by atoms with van der Waals surface area (Å²) in [5.74, 6) is -0.0717. The standard InChI is InChI=1S/C56H109NO5/c1-3-5-7-9-11-13-15-17-19-21-22-23-25-28-32-36-40-44-48-54(59)53(52-58)57-55(60)49-45-41-37-33-29-27-31-35-39-43-47-51-62-56(61)50-46-42-38-34-30-26-24-20-18-16-14-12-10-8-6-4-2/h20,24,53-54,58-59H,3-19,21-23,25-52H2,1-2H3,(H,57,60)/b24-20-. The number of hydrogen-bond acceptors (Lipinski definition) is 5. The number of allylic oxidation sites excluding steroid dienone is 2. The summed E-state index contributed by atoms with van der Waals surface area (Å²) in [7, 11) is 0. The number of aliphatic hydroxyl groups is 2. The minimum Gasteiger partial charge on any atom is -0.466 e. The number of hydrogen-bond donors (Lipinski definition) is 3. The third kappa shape index (κ3) is 48.1. The van der Waals surface area contributed by atoms with Crippen molar-refractivity contribution in [3.05, 3.63) is 12.2 Å². The number of rotatable bonds is 52. The van der Waals surface area contributed by atoms with E-state index >= 15 is 0 Å². The van der Waals surface area contributed by atoms with Gasteiger partial charge in [-0.15, -0.1) is 0 Å². The molecule has 6 nitrogen and oxygen atoms in total. The van der Waals surface area contributed by atoms with Gasteiger partial charge in [0.25, 0.3) is 0 Å². The first-order valence-electron chi connectivity index (χ1n) is 27.9. The molecule has 0 heterocycles. The van der Waals surface area contributed by atoms with Gasteiger partial charge in [-0.05, 0) is 51.4 Å². The maximum atomic E-state index is 12.5. The number of carbonyl (C=O) groups is 2. The zero-order chi connectivity index (χ0) is 45.1. The Balaban J connectivity index is 3.46. The molecule has 1 amide bonds. The first-order chi connectivity index (χ1) is 30.5. The molecular formula is C56H109NO5. The van der Waals surface area contributed by atoms with Crippen LogP contribution < -0.4 is 5.32 Å². The fraction of sp³-hybridized carbons (Fsp3) is 0.929. The van der Waals surface area contributed by atoms with Crippen molar-refractivity contribution in [3.8, 4) is 0 Å². The van der Waals surface area contributed by atoms with Gasteiger partial charge in [0.05, 0.1) is 25.4 Å². The van der Waals surface area contributed by atoms with Crippen LogP contribution >= 0.6 is 0 Å². The van der Waals surface area contributed by atoms with Crippen LogP contribution in [-0.2, 0) is 14.3 Å². The highest BCUT2D eigenvalue weighted by atomic mass is 16.5. The zero-order valence-corrected chi connectivity index (χ0v) is 41.9. The normalized spacial score (nSPS) is 12.6. The molecule has 0 aliphatic heterocycles. The number of aliphatic hydroxyl groups excluding tert-OH is 2. The second kappa shape index (κ2) is 52.2. The molecule has 0 aliphatic rings. The highest BCUT2D eigenvalue weighted by Crippen LogP contribution is 2.17.